The Balaban J connectivity index is 1.66. The summed E-state index contributed by atoms with van der Waals surface area (Å²) in [6.07, 6.45) is 6.72. The van der Waals surface area contributed by atoms with Gasteiger partial charge < -0.3 is 10.6 Å². The van der Waals surface area contributed by atoms with Gasteiger partial charge in [0.1, 0.15) is 0 Å². The molecule has 122 valence electrons. The second-order valence-electron chi connectivity index (χ2n) is 5.90. The van der Waals surface area contributed by atoms with E-state index in [1.807, 2.05) is 12.1 Å². The third kappa shape index (κ3) is 2.36. The molecule has 0 radical (unpaired) electrons. The highest BCUT2D eigenvalue weighted by Gasteiger charge is 2.33. The van der Waals surface area contributed by atoms with Crippen molar-refractivity contribution in [1.82, 2.24) is 29.6 Å². The van der Waals surface area contributed by atoms with Crippen LogP contribution in [0, 0.1) is 0 Å². The van der Waals surface area contributed by atoms with Crippen LogP contribution in [-0.4, -0.2) is 42.1 Å². The molecule has 8 heteroatoms. The van der Waals surface area contributed by atoms with Gasteiger partial charge in [-0.2, -0.15) is 10.1 Å². The zero-order chi connectivity index (χ0) is 16.7. The number of nitrogens with zero attached hydrogens (tertiary/aromatic N) is 6. The van der Waals surface area contributed by atoms with Gasteiger partial charge in [0.2, 0.25) is 5.95 Å². The number of fused-ring (bicyclic) bond motifs is 1. The lowest BCUT2D eigenvalue weighted by molar-refractivity contribution is 0.0729. The molecule has 0 spiro atoms. The second kappa shape index (κ2) is 5.55. The summed E-state index contributed by atoms with van der Waals surface area (Å²) < 4.78 is 1.53. The van der Waals surface area contributed by atoms with E-state index in [0.717, 1.165) is 23.7 Å². The molecule has 1 aliphatic heterocycles. The number of hydrogen-bond acceptors (Lipinski definition) is 6. The number of amides is 1. The van der Waals surface area contributed by atoms with E-state index >= 15 is 0 Å². The van der Waals surface area contributed by atoms with Crippen LogP contribution in [0.1, 0.15) is 35.1 Å². The Bertz CT molecular complexity index is 900. The van der Waals surface area contributed by atoms with E-state index in [4.69, 9.17) is 5.73 Å². The fourth-order valence-corrected chi connectivity index (χ4v) is 3.09. The van der Waals surface area contributed by atoms with Crippen molar-refractivity contribution in [2.75, 3.05) is 12.3 Å². The normalized spacial score (nSPS) is 17.5. The van der Waals surface area contributed by atoms with E-state index in [-0.39, 0.29) is 11.9 Å². The van der Waals surface area contributed by atoms with Gasteiger partial charge in [-0.05, 0) is 25.0 Å². The second-order valence-corrected chi connectivity index (χ2v) is 5.90. The van der Waals surface area contributed by atoms with Crippen molar-refractivity contribution in [3.63, 3.8) is 0 Å². The average molecular weight is 323 g/mol. The van der Waals surface area contributed by atoms with Gasteiger partial charge in [0.15, 0.2) is 5.82 Å². The molecule has 2 N–H and O–H groups in total. The van der Waals surface area contributed by atoms with Crippen LogP contribution in [-0.2, 0) is 7.05 Å². The Morgan fingerprint density at radius 1 is 1.38 bits per heavy atom. The van der Waals surface area contributed by atoms with Crippen molar-refractivity contribution >= 4 is 22.8 Å². The van der Waals surface area contributed by atoms with Crippen LogP contribution in [0.2, 0.25) is 0 Å². The highest BCUT2D eigenvalue weighted by Crippen LogP contribution is 2.31. The Morgan fingerprint density at radius 3 is 3.04 bits per heavy atom. The molecule has 1 unspecified atom stereocenters. The SMILES string of the molecule is Cn1nc(C2CCCN2C(=O)c2cnc3cnccc3c2)nc1N. The number of anilines is 1. The summed E-state index contributed by atoms with van der Waals surface area (Å²) in [5.74, 6) is 0.887. The molecular weight excluding hydrogens is 306 g/mol. The average Bonchev–Trinajstić information content (AvgIpc) is 3.21. The predicted molar refractivity (Wildman–Crippen MR) is 88.0 cm³/mol. The Morgan fingerprint density at radius 2 is 2.25 bits per heavy atom. The summed E-state index contributed by atoms with van der Waals surface area (Å²) in [7, 11) is 1.74. The summed E-state index contributed by atoms with van der Waals surface area (Å²) in [4.78, 5) is 27.4. The van der Waals surface area contributed by atoms with Gasteiger partial charge >= 0.3 is 0 Å². The highest BCUT2D eigenvalue weighted by atomic mass is 16.2. The maximum atomic E-state index is 12.9. The van der Waals surface area contributed by atoms with E-state index in [0.29, 0.717) is 23.9 Å². The van der Waals surface area contributed by atoms with Gasteiger partial charge in [-0.3, -0.25) is 14.8 Å². The molecule has 0 aromatic carbocycles. The summed E-state index contributed by atoms with van der Waals surface area (Å²) in [6.45, 7) is 0.677. The molecule has 8 nitrogen and oxygen atoms in total. The molecule has 1 saturated heterocycles. The quantitative estimate of drug-likeness (QED) is 0.763. The van der Waals surface area contributed by atoms with Gasteiger partial charge in [0, 0.05) is 31.4 Å². The molecule has 3 aromatic rings. The molecule has 0 bridgehead atoms. The molecule has 1 amide bonds. The van der Waals surface area contributed by atoms with Crippen molar-refractivity contribution in [1.29, 1.82) is 0 Å². The largest absolute Gasteiger partial charge is 0.368 e. The minimum Gasteiger partial charge on any atom is -0.368 e. The van der Waals surface area contributed by atoms with E-state index < -0.39 is 0 Å². The van der Waals surface area contributed by atoms with Crippen LogP contribution in [0.3, 0.4) is 0 Å². The van der Waals surface area contributed by atoms with Gasteiger partial charge in [-0.25, -0.2) is 4.68 Å². The maximum Gasteiger partial charge on any atom is 0.256 e. The number of likely N-dealkylation sites (tertiary alicyclic amines) is 1. The third-order valence-corrected chi connectivity index (χ3v) is 4.36. The van der Waals surface area contributed by atoms with Crippen LogP contribution in [0.25, 0.3) is 10.9 Å². The first kappa shape index (κ1) is 14.6. The minimum atomic E-state index is -0.144. The molecule has 1 fully saturated rings. The van der Waals surface area contributed by atoms with Crippen LogP contribution in [0.4, 0.5) is 5.95 Å². The van der Waals surface area contributed by atoms with Gasteiger partial charge in [0.05, 0.1) is 23.3 Å². The standard InChI is InChI=1S/C16H17N7O/c1-22-16(17)20-14(21-22)13-3-2-6-23(13)15(24)11-7-10-4-5-18-9-12(10)19-8-11/h4-5,7-9,13H,2-3,6H2,1H3,(H2,17,20,21). The number of nitrogen functional groups attached to an aromatic ring is 1. The van der Waals surface area contributed by atoms with Crippen molar-refractivity contribution in [2.24, 2.45) is 7.05 Å². The third-order valence-electron chi connectivity index (χ3n) is 4.36. The van der Waals surface area contributed by atoms with Gasteiger partial charge in [-0.1, -0.05) is 0 Å². The molecule has 24 heavy (non-hydrogen) atoms. The number of pyridine rings is 2. The summed E-state index contributed by atoms with van der Waals surface area (Å²) in [5, 5.41) is 5.23. The lowest BCUT2D eigenvalue weighted by Crippen LogP contribution is -2.31. The molecule has 1 atom stereocenters. The van der Waals surface area contributed by atoms with Gasteiger partial charge in [-0.15, -0.1) is 0 Å². The number of nitrogens with two attached hydrogens (primary N) is 1. The van der Waals surface area contributed by atoms with Crippen LogP contribution < -0.4 is 5.73 Å². The molecule has 1 aliphatic rings. The van der Waals surface area contributed by atoms with E-state index in [1.165, 1.54) is 4.68 Å². The summed E-state index contributed by atoms with van der Waals surface area (Å²) >= 11 is 0. The molecule has 4 heterocycles. The first-order valence-corrected chi connectivity index (χ1v) is 7.80. The number of carbonyl (C=O) groups excluding carboxylic acids is 1. The van der Waals surface area contributed by atoms with Crippen molar-refractivity contribution < 1.29 is 4.79 Å². The predicted octanol–water partition coefficient (Wildman–Crippen LogP) is 1.32. The first-order chi connectivity index (χ1) is 11.6. The highest BCUT2D eigenvalue weighted by molar-refractivity contribution is 5.97. The first-order valence-electron chi connectivity index (χ1n) is 7.80. The number of rotatable bonds is 2. The van der Waals surface area contributed by atoms with Crippen LogP contribution in [0.5, 0.6) is 0 Å². The zero-order valence-electron chi connectivity index (χ0n) is 13.3. The number of hydrogen-bond donors (Lipinski definition) is 1. The Labute approximate surface area is 138 Å². The number of aromatic nitrogens is 5. The minimum absolute atomic E-state index is 0.0604. The van der Waals surface area contributed by atoms with Crippen LogP contribution in [0.15, 0.2) is 30.7 Å². The molecular formula is C16H17N7O. The number of aryl methyl sites for hydroxylation is 1. The topological polar surface area (TPSA) is 103 Å². The van der Waals surface area contributed by atoms with E-state index in [9.17, 15) is 4.79 Å². The molecule has 3 aromatic heterocycles. The lowest BCUT2D eigenvalue weighted by atomic mass is 10.1. The van der Waals surface area contributed by atoms with E-state index in [1.54, 1.807) is 30.5 Å². The fourth-order valence-electron chi connectivity index (χ4n) is 3.09. The zero-order valence-corrected chi connectivity index (χ0v) is 13.3. The smallest absolute Gasteiger partial charge is 0.256 e. The van der Waals surface area contributed by atoms with Crippen molar-refractivity contribution in [3.05, 3.63) is 42.1 Å². The van der Waals surface area contributed by atoms with Crippen molar-refractivity contribution in [3.8, 4) is 0 Å². The summed E-state index contributed by atoms with van der Waals surface area (Å²) in [6, 6.07) is 3.55. The number of carbonyl (C=O) groups is 1. The Kier molecular flexibility index (Phi) is 3.37. The molecule has 0 saturated carbocycles. The van der Waals surface area contributed by atoms with Gasteiger partial charge in [0.25, 0.3) is 5.91 Å². The van der Waals surface area contributed by atoms with E-state index in [2.05, 4.69) is 20.1 Å². The lowest BCUT2D eigenvalue weighted by Gasteiger charge is -2.22. The molecule has 4 rings (SSSR count). The molecule has 0 aliphatic carbocycles. The Hall–Kier alpha value is -3.03. The monoisotopic (exact) mass is 323 g/mol. The summed E-state index contributed by atoms with van der Waals surface area (Å²) in [5.41, 5.74) is 7.10. The van der Waals surface area contributed by atoms with Crippen molar-refractivity contribution in [2.45, 2.75) is 18.9 Å². The van der Waals surface area contributed by atoms with Crippen LogP contribution >= 0.6 is 0 Å². The fraction of sp³-hybridized carbons (Fsp3) is 0.312. The maximum absolute atomic E-state index is 12.9.